The SMILES string of the molecule is C[C@@H]1C[C@@H](O)c2ncnc(N3CCN(C(C(C=O)c4ccc(Cl)cc4)N4CCSCC4)CC3)c21. The maximum atomic E-state index is 12.5. The number of aromatic nitrogens is 2. The third-order valence-electron chi connectivity index (χ3n) is 7.41. The number of aldehydes is 1. The van der Waals surface area contributed by atoms with Gasteiger partial charge in [-0.1, -0.05) is 30.7 Å². The zero-order valence-electron chi connectivity index (χ0n) is 19.5. The van der Waals surface area contributed by atoms with Crippen LogP contribution in [0.1, 0.15) is 48.1 Å². The Morgan fingerprint density at radius 1 is 1.06 bits per heavy atom. The summed E-state index contributed by atoms with van der Waals surface area (Å²) in [7, 11) is 0. The van der Waals surface area contributed by atoms with Gasteiger partial charge in [0.1, 0.15) is 18.4 Å². The Labute approximate surface area is 210 Å². The Morgan fingerprint density at radius 3 is 2.41 bits per heavy atom. The molecule has 3 heterocycles. The molecule has 5 rings (SSSR count). The number of nitrogens with zero attached hydrogens (tertiary/aromatic N) is 5. The largest absolute Gasteiger partial charge is 0.387 e. The van der Waals surface area contributed by atoms with Gasteiger partial charge in [0.05, 0.1) is 23.9 Å². The Kier molecular flexibility index (Phi) is 7.41. The number of fused-ring (bicyclic) bond motifs is 1. The third kappa shape index (κ3) is 4.71. The van der Waals surface area contributed by atoms with Gasteiger partial charge in [0.25, 0.3) is 0 Å². The first kappa shape index (κ1) is 24.0. The molecule has 2 fully saturated rings. The van der Waals surface area contributed by atoms with E-state index in [2.05, 4.69) is 31.6 Å². The first-order valence-electron chi connectivity index (χ1n) is 12.1. The minimum atomic E-state index is -0.498. The van der Waals surface area contributed by atoms with E-state index in [-0.39, 0.29) is 18.0 Å². The van der Waals surface area contributed by atoms with Gasteiger partial charge in [-0.3, -0.25) is 9.80 Å². The standard InChI is InChI=1S/C25H32ClN5O2S/c1-17-14-21(33)23-22(17)24(28-16-27-23)29-6-8-30(9-7-29)25(31-10-12-34-13-11-31)20(15-32)18-2-4-19(26)5-3-18/h2-5,15-17,20-21,25,33H,6-14H2,1H3/t17-,20?,21-,25?/m1/s1. The Bertz CT molecular complexity index is 995. The number of hydrogen-bond donors (Lipinski definition) is 1. The second-order valence-electron chi connectivity index (χ2n) is 9.45. The van der Waals surface area contributed by atoms with Crippen LogP contribution in [0.5, 0.6) is 0 Å². The molecule has 4 atom stereocenters. The van der Waals surface area contributed by atoms with Gasteiger partial charge < -0.3 is 14.8 Å². The lowest BCUT2D eigenvalue weighted by molar-refractivity contribution is -0.113. The van der Waals surface area contributed by atoms with Gasteiger partial charge in [0, 0.05) is 61.4 Å². The molecule has 2 saturated heterocycles. The number of benzene rings is 1. The average molecular weight is 502 g/mol. The topological polar surface area (TPSA) is 72.8 Å². The molecule has 0 radical (unpaired) electrons. The van der Waals surface area contributed by atoms with E-state index in [1.165, 1.54) is 0 Å². The van der Waals surface area contributed by atoms with Crippen LogP contribution < -0.4 is 4.90 Å². The van der Waals surface area contributed by atoms with Crippen LogP contribution in [0.25, 0.3) is 0 Å². The van der Waals surface area contributed by atoms with Gasteiger partial charge in [-0.15, -0.1) is 0 Å². The van der Waals surface area contributed by atoms with Gasteiger partial charge >= 0.3 is 0 Å². The van der Waals surface area contributed by atoms with Crippen molar-refractivity contribution in [3.05, 3.63) is 52.4 Å². The molecule has 1 aromatic heterocycles. The van der Waals surface area contributed by atoms with Gasteiger partial charge in [-0.2, -0.15) is 11.8 Å². The van der Waals surface area contributed by atoms with Gasteiger partial charge in [0.2, 0.25) is 0 Å². The highest BCUT2D eigenvalue weighted by atomic mass is 35.5. The third-order valence-corrected chi connectivity index (χ3v) is 8.60. The molecule has 0 amide bonds. The van der Waals surface area contributed by atoms with Crippen molar-refractivity contribution < 1.29 is 9.90 Å². The number of hydrogen-bond acceptors (Lipinski definition) is 8. The van der Waals surface area contributed by atoms with E-state index in [0.29, 0.717) is 11.4 Å². The summed E-state index contributed by atoms with van der Waals surface area (Å²) in [6.45, 7) is 7.48. The molecule has 2 unspecified atom stereocenters. The maximum absolute atomic E-state index is 12.5. The molecule has 34 heavy (non-hydrogen) atoms. The monoisotopic (exact) mass is 501 g/mol. The fraction of sp³-hybridized carbons (Fsp3) is 0.560. The molecule has 0 bridgehead atoms. The smallest absolute Gasteiger partial charge is 0.135 e. The van der Waals surface area contributed by atoms with Gasteiger partial charge in [0.15, 0.2) is 0 Å². The molecular weight excluding hydrogens is 470 g/mol. The maximum Gasteiger partial charge on any atom is 0.135 e. The Hall–Kier alpha value is -1.71. The van der Waals surface area contributed by atoms with Crippen molar-refractivity contribution in [2.24, 2.45) is 0 Å². The summed E-state index contributed by atoms with van der Waals surface area (Å²) in [5.74, 6) is 3.17. The van der Waals surface area contributed by atoms with Crippen LogP contribution in [0.3, 0.4) is 0 Å². The van der Waals surface area contributed by atoms with Gasteiger partial charge in [-0.05, 0) is 30.0 Å². The molecule has 1 aliphatic carbocycles. The zero-order valence-corrected chi connectivity index (χ0v) is 21.1. The van der Waals surface area contributed by atoms with Crippen molar-refractivity contribution in [2.75, 3.05) is 55.7 Å². The number of carbonyl (C=O) groups is 1. The van der Waals surface area contributed by atoms with Crippen LogP contribution in [0, 0.1) is 0 Å². The molecule has 9 heteroatoms. The van der Waals surface area contributed by atoms with E-state index in [1.807, 2.05) is 36.0 Å². The second-order valence-corrected chi connectivity index (χ2v) is 11.1. The number of rotatable bonds is 6. The molecule has 3 aliphatic rings. The lowest BCUT2D eigenvalue weighted by Crippen LogP contribution is -2.59. The number of anilines is 1. The predicted octanol–water partition coefficient (Wildman–Crippen LogP) is 3.15. The minimum Gasteiger partial charge on any atom is -0.387 e. The fourth-order valence-corrected chi connectivity index (χ4v) is 6.74. The molecule has 0 saturated carbocycles. The molecular formula is C25H32ClN5O2S. The minimum absolute atomic E-state index is 0.0265. The fourth-order valence-electron chi connectivity index (χ4n) is 5.69. The summed E-state index contributed by atoms with van der Waals surface area (Å²) in [4.78, 5) is 28.7. The summed E-state index contributed by atoms with van der Waals surface area (Å²) in [6, 6.07) is 7.72. The van der Waals surface area contributed by atoms with Crippen molar-refractivity contribution in [1.82, 2.24) is 19.8 Å². The predicted molar refractivity (Wildman–Crippen MR) is 137 cm³/mol. The van der Waals surface area contributed by atoms with Gasteiger partial charge in [-0.25, -0.2) is 9.97 Å². The number of carbonyl (C=O) groups excluding carboxylic acids is 1. The highest BCUT2D eigenvalue weighted by Crippen LogP contribution is 2.43. The van der Waals surface area contributed by atoms with E-state index in [1.54, 1.807) is 6.33 Å². The summed E-state index contributed by atoms with van der Waals surface area (Å²) in [5.41, 5.74) is 2.90. The lowest BCUT2D eigenvalue weighted by Gasteiger charge is -2.47. The van der Waals surface area contributed by atoms with E-state index >= 15 is 0 Å². The number of piperazine rings is 1. The van der Waals surface area contributed by atoms with E-state index < -0.39 is 6.10 Å². The highest BCUT2D eigenvalue weighted by molar-refractivity contribution is 7.99. The van der Waals surface area contributed by atoms with Crippen molar-refractivity contribution in [2.45, 2.75) is 37.5 Å². The lowest BCUT2D eigenvalue weighted by atomic mass is 9.94. The van der Waals surface area contributed by atoms with Crippen LogP contribution in [-0.4, -0.2) is 88.1 Å². The first-order valence-corrected chi connectivity index (χ1v) is 13.6. The van der Waals surface area contributed by atoms with Crippen molar-refractivity contribution in [1.29, 1.82) is 0 Å². The molecule has 2 aliphatic heterocycles. The van der Waals surface area contributed by atoms with Crippen LogP contribution in [0.15, 0.2) is 30.6 Å². The quantitative estimate of drug-likeness (QED) is 0.605. The van der Waals surface area contributed by atoms with Crippen LogP contribution in [0.2, 0.25) is 5.02 Å². The van der Waals surface area contributed by atoms with Crippen LogP contribution >= 0.6 is 23.4 Å². The summed E-state index contributed by atoms with van der Waals surface area (Å²) < 4.78 is 0. The molecule has 0 spiro atoms. The highest BCUT2D eigenvalue weighted by Gasteiger charge is 2.38. The average Bonchev–Trinajstić information content (AvgIpc) is 3.17. The van der Waals surface area contributed by atoms with Crippen LogP contribution in [-0.2, 0) is 4.79 Å². The van der Waals surface area contributed by atoms with Crippen LogP contribution in [0.4, 0.5) is 5.82 Å². The normalized spacial score (nSPS) is 25.7. The van der Waals surface area contributed by atoms with Crippen molar-refractivity contribution in [3.8, 4) is 0 Å². The van der Waals surface area contributed by atoms with Crippen molar-refractivity contribution >= 4 is 35.5 Å². The zero-order chi connectivity index (χ0) is 23.7. The Morgan fingerprint density at radius 2 is 1.74 bits per heavy atom. The molecule has 7 nitrogen and oxygen atoms in total. The molecule has 2 aromatic rings. The first-order chi connectivity index (χ1) is 16.6. The number of halogens is 1. The Balaban J connectivity index is 1.37. The number of thioether (sulfide) groups is 1. The van der Waals surface area contributed by atoms with E-state index in [0.717, 1.165) is 79.7 Å². The van der Waals surface area contributed by atoms with E-state index in [4.69, 9.17) is 11.6 Å². The number of aliphatic hydroxyl groups excluding tert-OH is 1. The summed E-state index contributed by atoms with van der Waals surface area (Å²) in [6.07, 6.45) is 2.93. The molecule has 1 N–H and O–H groups in total. The number of aliphatic hydroxyl groups is 1. The summed E-state index contributed by atoms with van der Waals surface area (Å²) >= 11 is 8.11. The molecule has 182 valence electrons. The second kappa shape index (κ2) is 10.5. The summed E-state index contributed by atoms with van der Waals surface area (Å²) in [5, 5.41) is 11.1. The van der Waals surface area contributed by atoms with Crippen molar-refractivity contribution in [3.63, 3.8) is 0 Å². The van der Waals surface area contributed by atoms with E-state index in [9.17, 15) is 9.90 Å². The molecule has 1 aromatic carbocycles.